The molecule has 8 heteroatoms. The van der Waals surface area contributed by atoms with E-state index in [1.165, 1.54) is 5.56 Å². The Morgan fingerprint density at radius 2 is 1.58 bits per heavy atom. The van der Waals surface area contributed by atoms with E-state index in [0.29, 0.717) is 37.1 Å². The van der Waals surface area contributed by atoms with Crippen LogP contribution in [-0.2, 0) is 11.3 Å². The highest BCUT2D eigenvalue weighted by Gasteiger charge is 2.28. The zero-order chi connectivity index (χ0) is 27.1. The van der Waals surface area contributed by atoms with Crippen molar-refractivity contribution in [1.29, 1.82) is 5.26 Å². The quantitative estimate of drug-likeness (QED) is 0.594. The fourth-order valence-electron chi connectivity index (χ4n) is 4.81. The Hall–Kier alpha value is -3.57. The summed E-state index contributed by atoms with van der Waals surface area (Å²) in [5, 5.41) is 12.0. The molecule has 2 aliphatic rings. The van der Waals surface area contributed by atoms with Crippen LogP contribution >= 0.6 is 0 Å². The summed E-state index contributed by atoms with van der Waals surface area (Å²) in [5.74, 6) is 0.668. The molecule has 0 radical (unpaired) electrons. The van der Waals surface area contributed by atoms with Crippen molar-refractivity contribution in [2.45, 2.75) is 70.7 Å². The molecule has 0 saturated carbocycles. The van der Waals surface area contributed by atoms with Gasteiger partial charge in [-0.25, -0.2) is 4.79 Å². The van der Waals surface area contributed by atoms with Crippen molar-refractivity contribution in [2.75, 3.05) is 26.2 Å². The lowest BCUT2D eigenvalue weighted by atomic mass is 10.0. The second-order valence-corrected chi connectivity index (χ2v) is 11.1. The third-order valence-corrected chi connectivity index (χ3v) is 6.92. The fourth-order valence-corrected chi connectivity index (χ4v) is 4.81. The standard InChI is InChI=1S/C30H38N4O4/c1-30(2,3)38-29(36)34-18-12-25(13-19-34)32-28(35)24-8-10-26(11-9-24)37-27-14-16-33(17-15-27)21-23-6-4-22(20-31)5-7-23/h4-11,25,27H,12-19,21H2,1-3H3,(H,32,35). The van der Waals surface area contributed by atoms with E-state index in [-0.39, 0.29) is 24.1 Å². The van der Waals surface area contributed by atoms with Gasteiger partial charge in [0.25, 0.3) is 5.91 Å². The lowest BCUT2D eigenvalue weighted by molar-refractivity contribution is 0.0199. The summed E-state index contributed by atoms with van der Waals surface area (Å²) in [4.78, 5) is 29.1. The molecule has 2 fully saturated rings. The van der Waals surface area contributed by atoms with E-state index in [4.69, 9.17) is 14.7 Å². The monoisotopic (exact) mass is 518 g/mol. The van der Waals surface area contributed by atoms with Crippen LogP contribution in [0, 0.1) is 11.3 Å². The van der Waals surface area contributed by atoms with Gasteiger partial charge in [-0.2, -0.15) is 5.26 Å². The van der Waals surface area contributed by atoms with Crippen LogP contribution in [0.4, 0.5) is 4.79 Å². The summed E-state index contributed by atoms with van der Waals surface area (Å²) in [7, 11) is 0. The average Bonchev–Trinajstić information content (AvgIpc) is 2.90. The molecule has 0 unspecified atom stereocenters. The van der Waals surface area contributed by atoms with Crippen molar-refractivity contribution in [3.05, 3.63) is 65.2 Å². The summed E-state index contributed by atoms with van der Waals surface area (Å²) in [6, 6.07) is 17.3. The Morgan fingerprint density at radius 1 is 0.947 bits per heavy atom. The molecule has 38 heavy (non-hydrogen) atoms. The van der Waals surface area contributed by atoms with Gasteiger partial charge < -0.3 is 19.7 Å². The van der Waals surface area contributed by atoms with E-state index in [9.17, 15) is 9.59 Å². The molecule has 0 spiro atoms. The summed E-state index contributed by atoms with van der Waals surface area (Å²) in [6.07, 6.45) is 3.16. The number of hydrogen-bond acceptors (Lipinski definition) is 6. The van der Waals surface area contributed by atoms with Crippen molar-refractivity contribution in [1.82, 2.24) is 15.1 Å². The fraction of sp³-hybridized carbons (Fsp3) is 0.500. The molecule has 2 heterocycles. The molecule has 0 aliphatic carbocycles. The maximum Gasteiger partial charge on any atom is 0.410 e. The Morgan fingerprint density at radius 3 is 2.16 bits per heavy atom. The molecular weight excluding hydrogens is 480 g/mol. The van der Waals surface area contributed by atoms with Crippen LogP contribution in [0.2, 0.25) is 0 Å². The summed E-state index contributed by atoms with van der Waals surface area (Å²) in [6.45, 7) is 9.50. The van der Waals surface area contributed by atoms with Crippen molar-refractivity contribution >= 4 is 12.0 Å². The van der Waals surface area contributed by atoms with E-state index in [1.807, 2.05) is 57.2 Å². The first-order valence-electron chi connectivity index (χ1n) is 13.5. The van der Waals surface area contributed by atoms with Gasteiger partial charge in [0.15, 0.2) is 0 Å². The molecule has 8 nitrogen and oxygen atoms in total. The minimum absolute atomic E-state index is 0.0339. The number of rotatable bonds is 6. The minimum Gasteiger partial charge on any atom is -0.490 e. The predicted molar refractivity (Wildman–Crippen MR) is 145 cm³/mol. The number of nitriles is 1. The predicted octanol–water partition coefficient (Wildman–Crippen LogP) is 4.73. The third kappa shape index (κ3) is 7.96. The summed E-state index contributed by atoms with van der Waals surface area (Å²) < 4.78 is 11.6. The van der Waals surface area contributed by atoms with E-state index < -0.39 is 5.60 Å². The molecule has 2 saturated heterocycles. The smallest absolute Gasteiger partial charge is 0.410 e. The lowest BCUT2D eigenvalue weighted by Gasteiger charge is -2.33. The van der Waals surface area contributed by atoms with E-state index >= 15 is 0 Å². The molecular formula is C30H38N4O4. The number of carbonyl (C=O) groups excluding carboxylic acids is 2. The maximum atomic E-state index is 12.8. The number of ether oxygens (including phenoxy) is 2. The van der Waals surface area contributed by atoms with Crippen LogP contribution in [-0.4, -0.2) is 65.7 Å². The van der Waals surface area contributed by atoms with Crippen LogP contribution < -0.4 is 10.1 Å². The van der Waals surface area contributed by atoms with Crippen LogP contribution in [0.25, 0.3) is 0 Å². The number of carbonyl (C=O) groups is 2. The Kier molecular flexibility index (Phi) is 8.90. The summed E-state index contributed by atoms with van der Waals surface area (Å²) in [5.41, 5.74) is 1.99. The number of benzene rings is 2. The summed E-state index contributed by atoms with van der Waals surface area (Å²) >= 11 is 0. The van der Waals surface area contributed by atoms with Crippen molar-refractivity contribution < 1.29 is 19.1 Å². The van der Waals surface area contributed by atoms with Crippen molar-refractivity contribution in [3.8, 4) is 11.8 Å². The first kappa shape index (κ1) is 27.5. The average molecular weight is 519 g/mol. The molecule has 0 aromatic heterocycles. The molecule has 2 aliphatic heterocycles. The third-order valence-electron chi connectivity index (χ3n) is 6.92. The second-order valence-electron chi connectivity index (χ2n) is 11.1. The first-order valence-corrected chi connectivity index (χ1v) is 13.5. The zero-order valence-corrected chi connectivity index (χ0v) is 22.6. The Labute approximate surface area is 225 Å². The minimum atomic E-state index is -0.511. The SMILES string of the molecule is CC(C)(C)OC(=O)N1CCC(NC(=O)c2ccc(OC3CCN(Cc4ccc(C#N)cc4)CC3)cc2)CC1. The molecule has 2 aromatic rings. The first-order chi connectivity index (χ1) is 18.2. The molecule has 0 bridgehead atoms. The van der Waals surface area contributed by atoms with Gasteiger partial charge in [0.1, 0.15) is 17.5 Å². The molecule has 0 atom stereocenters. The number of nitrogens with one attached hydrogen (secondary N) is 1. The maximum absolute atomic E-state index is 12.8. The van der Waals surface area contributed by atoms with E-state index in [2.05, 4.69) is 16.3 Å². The highest BCUT2D eigenvalue weighted by atomic mass is 16.6. The normalized spacial score (nSPS) is 17.5. The van der Waals surface area contributed by atoms with Crippen LogP contribution in [0.5, 0.6) is 5.75 Å². The van der Waals surface area contributed by atoms with Gasteiger partial charge in [-0.15, -0.1) is 0 Å². The Balaban J connectivity index is 1.17. The number of hydrogen-bond donors (Lipinski definition) is 1. The van der Waals surface area contributed by atoms with Gasteiger partial charge in [0, 0.05) is 44.3 Å². The number of likely N-dealkylation sites (tertiary alicyclic amines) is 2. The van der Waals surface area contributed by atoms with Crippen molar-refractivity contribution in [3.63, 3.8) is 0 Å². The second kappa shape index (κ2) is 12.3. The van der Waals surface area contributed by atoms with Gasteiger partial charge in [-0.3, -0.25) is 9.69 Å². The highest BCUT2D eigenvalue weighted by molar-refractivity contribution is 5.94. The molecule has 202 valence electrons. The van der Waals surface area contributed by atoms with Crippen LogP contribution in [0.15, 0.2) is 48.5 Å². The molecule has 2 aromatic carbocycles. The van der Waals surface area contributed by atoms with Gasteiger partial charge in [0.2, 0.25) is 0 Å². The number of nitrogens with zero attached hydrogens (tertiary/aromatic N) is 3. The lowest BCUT2D eigenvalue weighted by Crippen LogP contribution is -2.47. The molecule has 2 amide bonds. The number of amides is 2. The van der Waals surface area contributed by atoms with Gasteiger partial charge in [-0.1, -0.05) is 12.1 Å². The largest absolute Gasteiger partial charge is 0.490 e. The molecule has 1 N–H and O–H groups in total. The van der Waals surface area contributed by atoms with Crippen LogP contribution in [0.3, 0.4) is 0 Å². The van der Waals surface area contributed by atoms with Gasteiger partial charge >= 0.3 is 6.09 Å². The molecule has 4 rings (SSSR count). The van der Waals surface area contributed by atoms with Crippen LogP contribution in [0.1, 0.15) is 67.9 Å². The van der Waals surface area contributed by atoms with Gasteiger partial charge in [-0.05, 0) is 88.4 Å². The zero-order valence-electron chi connectivity index (χ0n) is 22.6. The Bertz CT molecular complexity index is 1120. The van der Waals surface area contributed by atoms with Gasteiger partial charge in [0.05, 0.1) is 11.6 Å². The topological polar surface area (TPSA) is 94.9 Å². The van der Waals surface area contributed by atoms with E-state index in [1.54, 1.807) is 17.0 Å². The highest BCUT2D eigenvalue weighted by Crippen LogP contribution is 2.22. The van der Waals surface area contributed by atoms with E-state index in [0.717, 1.165) is 38.2 Å². The van der Waals surface area contributed by atoms with Crippen molar-refractivity contribution in [2.24, 2.45) is 0 Å². The number of piperidine rings is 2.